The van der Waals surface area contributed by atoms with Crippen molar-refractivity contribution in [2.45, 2.75) is 0 Å². The Bertz CT molecular complexity index is 1130. The molecule has 5 rings (SSSR count). The molecule has 0 unspecified atom stereocenters. The van der Waals surface area contributed by atoms with E-state index in [2.05, 4.69) is 64.6 Å². The molecule has 0 spiro atoms. The predicted octanol–water partition coefficient (Wildman–Crippen LogP) is 5.73. The fourth-order valence-corrected chi connectivity index (χ4v) is 3.40. The lowest BCUT2D eigenvalue weighted by Gasteiger charge is -2.11. The second-order valence-corrected chi connectivity index (χ2v) is 5.99. The van der Waals surface area contributed by atoms with Gasteiger partial charge in [0.05, 0.1) is 17.6 Å². The van der Waals surface area contributed by atoms with E-state index in [0.717, 1.165) is 11.4 Å². The minimum absolute atomic E-state index is 0.864. The van der Waals surface area contributed by atoms with Gasteiger partial charge in [0, 0.05) is 6.20 Å². The van der Waals surface area contributed by atoms with Gasteiger partial charge in [0.2, 0.25) is 0 Å². The van der Waals surface area contributed by atoms with Crippen LogP contribution in [0, 0.1) is 0 Å². The van der Waals surface area contributed by atoms with Crippen molar-refractivity contribution in [3.05, 3.63) is 84.7 Å². The molecule has 4 aromatic carbocycles. The molecule has 0 bridgehead atoms. The van der Waals surface area contributed by atoms with Gasteiger partial charge in [-0.15, -0.1) is 0 Å². The lowest BCUT2D eigenvalue weighted by atomic mass is 9.94. The van der Waals surface area contributed by atoms with Gasteiger partial charge in [0.1, 0.15) is 0 Å². The molecule has 2 heteroatoms. The zero-order valence-electron chi connectivity index (χ0n) is 13.0. The zero-order valence-corrected chi connectivity index (χ0v) is 13.0. The van der Waals surface area contributed by atoms with Gasteiger partial charge < -0.3 is 0 Å². The molecule has 0 radical (unpaired) electrons. The first-order chi connectivity index (χ1) is 11.9. The Balaban J connectivity index is 1.73. The van der Waals surface area contributed by atoms with Crippen molar-refractivity contribution >= 4 is 44.2 Å². The van der Waals surface area contributed by atoms with E-state index in [1.54, 1.807) is 6.20 Å². The largest absolute Gasteiger partial charge is 0.255 e. The summed E-state index contributed by atoms with van der Waals surface area (Å²) in [6, 6.07) is 25.3. The van der Waals surface area contributed by atoms with E-state index < -0.39 is 0 Å². The molecular weight excluding hydrogens is 292 g/mol. The number of hydrogen-bond acceptors (Lipinski definition) is 2. The maximum atomic E-state index is 4.61. The van der Waals surface area contributed by atoms with Crippen molar-refractivity contribution in [1.29, 1.82) is 0 Å². The highest BCUT2D eigenvalue weighted by Gasteiger charge is 2.08. The number of aromatic nitrogens is 1. The van der Waals surface area contributed by atoms with Crippen LogP contribution in [0.3, 0.4) is 0 Å². The van der Waals surface area contributed by atoms with Crippen LogP contribution in [0.5, 0.6) is 0 Å². The van der Waals surface area contributed by atoms with E-state index >= 15 is 0 Å². The third-order valence-corrected chi connectivity index (χ3v) is 4.48. The molecule has 0 amide bonds. The molecule has 0 fully saturated rings. The molecule has 0 aliphatic carbocycles. The number of aliphatic imine (C=N–C) groups is 1. The fourth-order valence-electron chi connectivity index (χ4n) is 3.40. The summed E-state index contributed by atoms with van der Waals surface area (Å²) in [5, 5.41) is 7.69. The Morgan fingerprint density at radius 1 is 0.667 bits per heavy atom. The molecule has 0 saturated carbocycles. The summed E-state index contributed by atoms with van der Waals surface area (Å²) in [7, 11) is 0. The number of pyridine rings is 1. The van der Waals surface area contributed by atoms with Crippen molar-refractivity contribution in [1.82, 2.24) is 4.98 Å². The number of rotatable bonds is 2. The summed E-state index contributed by atoms with van der Waals surface area (Å²) >= 11 is 0. The first kappa shape index (κ1) is 13.2. The average Bonchev–Trinajstić information content (AvgIpc) is 2.65. The summed E-state index contributed by atoms with van der Waals surface area (Å²) in [5.41, 5.74) is 1.81. The monoisotopic (exact) mass is 306 g/mol. The molecular formula is C22H14N2. The van der Waals surface area contributed by atoms with Gasteiger partial charge in [-0.1, -0.05) is 48.5 Å². The molecule has 2 nitrogen and oxygen atoms in total. The quantitative estimate of drug-likeness (QED) is 0.302. The van der Waals surface area contributed by atoms with Gasteiger partial charge >= 0.3 is 0 Å². The van der Waals surface area contributed by atoms with E-state index in [0.29, 0.717) is 0 Å². The number of nitrogens with zero attached hydrogens (tertiary/aromatic N) is 2. The lowest BCUT2D eigenvalue weighted by molar-refractivity contribution is 1.30. The summed E-state index contributed by atoms with van der Waals surface area (Å²) in [4.78, 5) is 8.90. The standard InChI is InChI=1S/C22H14N2/c1-2-11-23-19(6-1)14-24-20-12-17-9-7-15-4-3-5-16-8-10-18(13-20)22(17)21(15)16/h1-14H. The minimum Gasteiger partial charge on any atom is -0.255 e. The number of benzene rings is 4. The van der Waals surface area contributed by atoms with Crippen molar-refractivity contribution in [2.75, 3.05) is 0 Å². The van der Waals surface area contributed by atoms with E-state index in [4.69, 9.17) is 0 Å². The molecule has 24 heavy (non-hydrogen) atoms. The zero-order chi connectivity index (χ0) is 15.9. The molecule has 5 aromatic rings. The summed E-state index contributed by atoms with van der Waals surface area (Å²) in [6.07, 6.45) is 3.59. The van der Waals surface area contributed by atoms with E-state index in [9.17, 15) is 0 Å². The molecule has 0 N–H and O–H groups in total. The van der Waals surface area contributed by atoms with Gasteiger partial charge in [-0.3, -0.25) is 9.98 Å². The normalized spacial score (nSPS) is 12.0. The SMILES string of the molecule is C(=Nc1cc2ccc3cccc4ccc(c1)c2c34)c1ccccn1. The van der Waals surface area contributed by atoms with Crippen molar-refractivity contribution in [2.24, 2.45) is 4.99 Å². The topological polar surface area (TPSA) is 25.2 Å². The van der Waals surface area contributed by atoms with Crippen LogP contribution in [0.15, 0.2) is 84.0 Å². The molecule has 112 valence electrons. The maximum Gasteiger partial charge on any atom is 0.0812 e. The van der Waals surface area contributed by atoms with Gasteiger partial charge in [0.25, 0.3) is 0 Å². The first-order valence-corrected chi connectivity index (χ1v) is 8.01. The van der Waals surface area contributed by atoms with Crippen LogP contribution < -0.4 is 0 Å². The predicted molar refractivity (Wildman–Crippen MR) is 102 cm³/mol. The first-order valence-electron chi connectivity index (χ1n) is 8.01. The van der Waals surface area contributed by atoms with Crippen molar-refractivity contribution in [3.63, 3.8) is 0 Å². The molecule has 0 aliphatic heterocycles. The Morgan fingerprint density at radius 3 is 2.00 bits per heavy atom. The Morgan fingerprint density at radius 2 is 1.33 bits per heavy atom. The maximum absolute atomic E-state index is 4.61. The van der Waals surface area contributed by atoms with Crippen LogP contribution in [0.25, 0.3) is 32.3 Å². The third-order valence-electron chi connectivity index (χ3n) is 4.48. The number of hydrogen-bond donors (Lipinski definition) is 0. The minimum atomic E-state index is 0.864. The van der Waals surface area contributed by atoms with Crippen LogP contribution in [0.1, 0.15) is 5.69 Å². The average molecular weight is 306 g/mol. The van der Waals surface area contributed by atoms with Crippen LogP contribution >= 0.6 is 0 Å². The van der Waals surface area contributed by atoms with Crippen LogP contribution in [0.4, 0.5) is 5.69 Å². The molecule has 1 heterocycles. The van der Waals surface area contributed by atoms with Crippen molar-refractivity contribution in [3.8, 4) is 0 Å². The highest BCUT2D eigenvalue weighted by molar-refractivity contribution is 6.23. The summed E-state index contributed by atoms with van der Waals surface area (Å²) in [5.74, 6) is 0. The summed E-state index contributed by atoms with van der Waals surface area (Å²) < 4.78 is 0. The van der Waals surface area contributed by atoms with E-state index in [1.807, 2.05) is 24.4 Å². The molecule has 0 aliphatic rings. The van der Waals surface area contributed by atoms with E-state index in [-0.39, 0.29) is 0 Å². The lowest BCUT2D eigenvalue weighted by Crippen LogP contribution is -1.85. The van der Waals surface area contributed by atoms with Crippen LogP contribution in [0.2, 0.25) is 0 Å². The van der Waals surface area contributed by atoms with Crippen LogP contribution in [-0.2, 0) is 0 Å². The Labute approximate surface area is 139 Å². The highest BCUT2D eigenvalue weighted by Crippen LogP contribution is 2.36. The van der Waals surface area contributed by atoms with Crippen LogP contribution in [-0.4, -0.2) is 11.2 Å². The van der Waals surface area contributed by atoms with Gasteiger partial charge in [-0.25, -0.2) is 0 Å². The highest BCUT2D eigenvalue weighted by atomic mass is 14.8. The van der Waals surface area contributed by atoms with E-state index in [1.165, 1.54) is 32.3 Å². The molecule has 0 saturated heterocycles. The van der Waals surface area contributed by atoms with Gasteiger partial charge in [-0.2, -0.15) is 0 Å². The summed E-state index contributed by atoms with van der Waals surface area (Å²) in [6.45, 7) is 0. The smallest absolute Gasteiger partial charge is 0.0812 e. The Kier molecular flexibility index (Phi) is 2.83. The van der Waals surface area contributed by atoms with Gasteiger partial charge in [-0.05, 0) is 56.6 Å². The molecule has 0 atom stereocenters. The third kappa shape index (κ3) is 2.04. The molecule has 1 aromatic heterocycles. The van der Waals surface area contributed by atoms with Crippen molar-refractivity contribution < 1.29 is 0 Å². The Hall–Kier alpha value is -3.26. The van der Waals surface area contributed by atoms with Gasteiger partial charge in [0.15, 0.2) is 0 Å². The fraction of sp³-hybridized carbons (Fsp3) is 0. The second kappa shape index (κ2) is 5.14. The second-order valence-electron chi connectivity index (χ2n) is 5.99.